The van der Waals surface area contributed by atoms with Gasteiger partial charge in [0, 0.05) is 17.7 Å². The van der Waals surface area contributed by atoms with Crippen molar-refractivity contribution in [2.45, 2.75) is 19.4 Å². The zero-order chi connectivity index (χ0) is 13.5. The topological polar surface area (TPSA) is 56.5 Å². The Morgan fingerprint density at radius 3 is 2.50 bits per heavy atom. The van der Waals surface area contributed by atoms with E-state index in [0.29, 0.717) is 12.5 Å². The molecule has 3 N–H and O–H groups in total. The van der Waals surface area contributed by atoms with Crippen molar-refractivity contribution in [2.75, 3.05) is 27.8 Å². The molecule has 0 saturated carbocycles. The van der Waals surface area contributed by atoms with Crippen molar-refractivity contribution in [3.63, 3.8) is 0 Å². The smallest absolute Gasteiger partial charge is 0.127 e. The highest BCUT2D eigenvalue weighted by Crippen LogP contribution is 2.33. The third kappa shape index (κ3) is 3.37. The number of ether oxygens (including phenoxy) is 2. The second kappa shape index (κ2) is 7.24. The van der Waals surface area contributed by atoms with Crippen molar-refractivity contribution in [3.8, 4) is 11.5 Å². The molecule has 0 aromatic heterocycles. The van der Waals surface area contributed by atoms with E-state index in [9.17, 15) is 0 Å². The van der Waals surface area contributed by atoms with Gasteiger partial charge < -0.3 is 20.5 Å². The van der Waals surface area contributed by atoms with Gasteiger partial charge in [-0.1, -0.05) is 13.0 Å². The molecular weight excluding hydrogens is 228 g/mol. The van der Waals surface area contributed by atoms with E-state index in [1.807, 2.05) is 25.2 Å². The average Bonchev–Trinajstić information content (AvgIpc) is 2.40. The zero-order valence-electron chi connectivity index (χ0n) is 11.7. The number of nitrogens with one attached hydrogen (secondary N) is 1. The minimum Gasteiger partial charge on any atom is -0.497 e. The van der Waals surface area contributed by atoms with Gasteiger partial charge in [-0.25, -0.2) is 0 Å². The number of hydrogen-bond acceptors (Lipinski definition) is 4. The molecule has 2 unspecified atom stereocenters. The number of hydrogen-bond donors (Lipinski definition) is 2. The van der Waals surface area contributed by atoms with Crippen LogP contribution in [0.1, 0.15) is 24.9 Å². The summed E-state index contributed by atoms with van der Waals surface area (Å²) in [6, 6.07) is 6.15. The predicted octanol–water partition coefficient (Wildman–Crippen LogP) is 1.95. The molecule has 0 heterocycles. The lowest BCUT2D eigenvalue weighted by molar-refractivity contribution is 0.356. The van der Waals surface area contributed by atoms with Gasteiger partial charge in [0.1, 0.15) is 11.5 Å². The van der Waals surface area contributed by atoms with Crippen LogP contribution in [0.25, 0.3) is 0 Å². The van der Waals surface area contributed by atoms with Crippen LogP contribution in [0.3, 0.4) is 0 Å². The molecule has 0 aliphatic heterocycles. The normalized spacial score (nSPS) is 14.1. The fourth-order valence-corrected chi connectivity index (χ4v) is 2.25. The van der Waals surface area contributed by atoms with Crippen LogP contribution in [0, 0.1) is 5.92 Å². The number of benzene rings is 1. The largest absolute Gasteiger partial charge is 0.497 e. The van der Waals surface area contributed by atoms with Crippen LogP contribution in [0.15, 0.2) is 18.2 Å². The maximum Gasteiger partial charge on any atom is 0.127 e. The van der Waals surface area contributed by atoms with Crippen molar-refractivity contribution in [1.82, 2.24) is 5.32 Å². The van der Waals surface area contributed by atoms with E-state index in [4.69, 9.17) is 15.2 Å². The summed E-state index contributed by atoms with van der Waals surface area (Å²) in [5, 5.41) is 3.34. The Labute approximate surface area is 109 Å². The van der Waals surface area contributed by atoms with E-state index in [1.54, 1.807) is 14.2 Å². The second-order valence-electron chi connectivity index (χ2n) is 4.43. The summed E-state index contributed by atoms with van der Waals surface area (Å²) in [5.74, 6) is 2.09. The molecule has 18 heavy (non-hydrogen) atoms. The van der Waals surface area contributed by atoms with Crippen LogP contribution in [-0.4, -0.2) is 27.8 Å². The maximum absolute atomic E-state index is 5.64. The summed E-state index contributed by atoms with van der Waals surface area (Å²) < 4.78 is 10.7. The van der Waals surface area contributed by atoms with E-state index in [1.165, 1.54) is 0 Å². The fraction of sp³-hybridized carbons (Fsp3) is 0.571. The van der Waals surface area contributed by atoms with Gasteiger partial charge in [-0.15, -0.1) is 0 Å². The monoisotopic (exact) mass is 252 g/mol. The van der Waals surface area contributed by atoms with Crippen molar-refractivity contribution in [2.24, 2.45) is 11.7 Å². The number of rotatable bonds is 7. The van der Waals surface area contributed by atoms with Crippen LogP contribution in [0.5, 0.6) is 11.5 Å². The minimum absolute atomic E-state index is 0.231. The molecule has 2 atom stereocenters. The fourth-order valence-electron chi connectivity index (χ4n) is 2.25. The number of methoxy groups -OCH3 is 2. The van der Waals surface area contributed by atoms with Crippen molar-refractivity contribution < 1.29 is 9.47 Å². The van der Waals surface area contributed by atoms with Gasteiger partial charge in [-0.05, 0) is 32.0 Å². The molecular formula is C14H24N2O2. The molecule has 0 fully saturated rings. The quantitative estimate of drug-likeness (QED) is 0.779. The maximum atomic E-state index is 5.64. The highest BCUT2D eigenvalue weighted by Gasteiger charge is 2.20. The Bertz CT molecular complexity index is 369. The molecule has 0 saturated heterocycles. The molecule has 0 aliphatic carbocycles. The molecule has 0 amide bonds. The van der Waals surface area contributed by atoms with Gasteiger partial charge in [0.05, 0.1) is 14.2 Å². The Hall–Kier alpha value is -1.26. The Morgan fingerprint density at radius 1 is 1.28 bits per heavy atom. The first-order valence-electron chi connectivity index (χ1n) is 6.27. The first-order chi connectivity index (χ1) is 8.67. The van der Waals surface area contributed by atoms with Crippen LogP contribution < -0.4 is 20.5 Å². The molecule has 1 rings (SSSR count). The molecule has 0 bridgehead atoms. The Morgan fingerprint density at radius 2 is 2.00 bits per heavy atom. The molecule has 4 nitrogen and oxygen atoms in total. The lowest BCUT2D eigenvalue weighted by Gasteiger charge is -2.25. The predicted molar refractivity (Wildman–Crippen MR) is 74.2 cm³/mol. The SMILES string of the molecule is CNC(c1ccc(OC)cc1OC)C(C)CCN. The third-order valence-corrected chi connectivity index (χ3v) is 3.28. The van der Waals surface area contributed by atoms with E-state index in [2.05, 4.69) is 12.2 Å². The zero-order valence-corrected chi connectivity index (χ0v) is 11.7. The lowest BCUT2D eigenvalue weighted by atomic mass is 9.91. The summed E-state index contributed by atoms with van der Waals surface area (Å²) >= 11 is 0. The van der Waals surface area contributed by atoms with Gasteiger partial charge in [0.2, 0.25) is 0 Å². The van der Waals surface area contributed by atoms with E-state index < -0.39 is 0 Å². The first-order valence-corrected chi connectivity index (χ1v) is 6.27. The van der Waals surface area contributed by atoms with E-state index >= 15 is 0 Å². The molecule has 4 heteroatoms. The van der Waals surface area contributed by atoms with Gasteiger partial charge in [-0.2, -0.15) is 0 Å². The molecule has 1 aromatic carbocycles. The third-order valence-electron chi connectivity index (χ3n) is 3.28. The summed E-state index contributed by atoms with van der Waals surface area (Å²) in [5.41, 5.74) is 6.78. The average molecular weight is 252 g/mol. The summed E-state index contributed by atoms with van der Waals surface area (Å²) in [4.78, 5) is 0. The molecule has 102 valence electrons. The van der Waals surface area contributed by atoms with Gasteiger partial charge in [0.15, 0.2) is 0 Å². The highest BCUT2D eigenvalue weighted by molar-refractivity contribution is 5.42. The van der Waals surface area contributed by atoms with Crippen LogP contribution in [0.2, 0.25) is 0 Å². The van der Waals surface area contributed by atoms with Gasteiger partial charge in [-0.3, -0.25) is 0 Å². The lowest BCUT2D eigenvalue weighted by Crippen LogP contribution is -2.25. The van der Waals surface area contributed by atoms with E-state index in [-0.39, 0.29) is 6.04 Å². The van der Waals surface area contributed by atoms with Crippen molar-refractivity contribution >= 4 is 0 Å². The summed E-state index contributed by atoms with van der Waals surface area (Å²) in [6.07, 6.45) is 0.973. The molecule has 0 radical (unpaired) electrons. The minimum atomic E-state index is 0.231. The van der Waals surface area contributed by atoms with Gasteiger partial charge >= 0.3 is 0 Å². The van der Waals surface area contributed by atoms with E-state index in [0.717, 1.165) is 23.5 Å². The van der Waals surface area contributed by atoms with Crippen LogP contribution in [0.4, 0.5) is 0 Å². The molecule has 0 spiro atoms. The Balaban J connectivity index is 3.04. The number of nitrogens with two attached hydrogens (primary N) is 1. The highest BCUT2D eigenvalue weighted by atomic mass is 16.5. The van der Waals surface area contributed by atoms with Gasteiger partial charge in [0.25, 0.3) is 0 Å². The van der Waals surface area contributed by atoms with Crippen molar-refractivity contribution in [3.05, 3.63) is 23.8 Å². The molecule has 1 aromatic rings. The van der Waals surface area contributed by atoms with Crippen LogP contribution in [-0.2, 0) is 0 Å². The van der Waals surface area contributed by atoms with Crippen LogP contribution >= 0.6 is 0 Å². The summed E-state index contributed by atoms with van der Waals surface area (Å²) in [7, 11) is 5.29. The first kappa shape index (κ1) is 14.8. The summed E-state index contributed by atoms with van der Waals surface area (Å²) in [6.45, 7) is 2.88. The van der Waals surface area contributed by atoms with Crippen molar-refractivity contribution in [1.29, 1.82) is 0 Å². The standard InChI is InChI=1S/C14H24N2O2/c1-10(7-8-15)14(16-2)12-6-5-11(17-3)9-13(12)18-4/h5-6,9-10,14,16H,7-8,15H2,1-4H3. The second-order valence-corrected chi connectivity index (χ2v) is 4.43. The molecule has 0 aliphatic rings. The Kier molecular flexibility index (Phi) is 5.95.